The third-order valence-electron chi connectivity index (χ3n) is 6.97. The molecule has 0 saturated carbocycles. The van der Waals surface area contributed by atoms with E-state index < -0.39 is 33.8 Å². The number of carbonyl (C=O) groups excluding carboxylic acids is 2. The maximum atomic E-state index is 13.1. The average molecular weight is 543 g/mol. The number of rotatable bonds is 8. The molecule has 4 aromatic carbocycles. The Balaban J connectivity index is 1.17. The van der Waals surface area contributed by atoms with E-state index in [0.717, 1.165) is 21.1 Å². The van der Waals surface area contributed by atoms with Crippen LogP contribution < -0.4 is 4.72 Å². The lowest BCUT2D eigenvalue weighted by Crippen LogP contribution is -2.41. The van der Waals surface area contributed by atoms with Gasteiger partial charge in [-0.1, -0.05) is 42.5 Å². The highest BCUT2D eigenvalue weighted by molar-refractivity contribution is 7.89. The maximum absolute atomic E-state index is 13.1. The Kier molecular flexibility index (Phi) is 5.93. The average Bonchev–Trinajstić information content (AvgIpc) is 3.41. The van der Waals surface area contributed by atoms with Crippen LogP contribution in [-0.4, -0.2) is 48.8 Å². The molecule has 0 aliphatic carbocycles. The Morgan fingerprint density at radius 2 is 1.46 bits per heavy atom. The zero-order valence-corrected chi connectivity index (χ0v) is 21.3. The summed E-state index contributed by atoms with van der Waals surface area (Å²) in [6, 6.07) is 20.9. The molecule has 0 fully saturated rings. The minimum atomic E-state index is -4.20. The number of carbonyl (C=O) groups is 3. The van der Waals surface area contributed by atoms with Gasteiger partial charge in [-0.15, -0.1) is 0 Å². The molecule has 0 radical (unpaired) electrons. The molecule has 0 bridgehead atoms. The van der Waals surface area contributed by atoms with Gasteiger partial charge in [0.15, 0.2) is 0 Å². The number of para-hydroxylation sites is 1. The number of amides is 2. The molecule has 0 spiro atoms. The van der Waals surface area contributed by atoms with Crippen LogP contribution in [0.3, 0.4) is 0 Å². The number of fused-ring (bicyclic) bond motifs is 5. The number of benzene rings is 4. The number of nitrogens with one attached hydrogen (secondary N) is 1. The van der Waals surface area contributed by atoms with E-state index in [1.54, 1.807) is 18.2 Å². The van der Waals surface area contributed by atoms with Crippen molar-refractivity contribution in [1.82, 2.24) is 9.62 Å². The highest BCUT2D eigenvalue weighted by Crippen LogP contribution is 2.31. The fourth-order valence-corrected chi connectivity index (χ4v) is 6.24. The highest BCUT2D eigenvalue weighted by Gasteiger charge is 2.36. The van der Waals surface area contributed by atoms with Crippen LogP contribution in [0.2, 0.25) is 0 Å². The first-order valence-electron chi connectivity index (χ1n) is 12.3. The summed E-state index contributed by atoms with van der Waals surface area (Å²) in [5, 5.41) is 12.7. The van der Waals surface area contributed by atoms with Crippen molar-refractivity contribution in [2.24, 2.45) is 0 Å². The molecular weight excluding hydrogens is 520 g/mol. The van der Waals surface area contributed by atoms with Crippen LogP contribution in [0, 0.1) is 0 Å². The van der Waals surface area contributed by atoms with E-state index in [4.69, 9.17) is 4.42 Å². The standard InChI is InChI=1S/C29H22N2O7S/c32-27-22-14-17-6-1-2-7-18(17)15-23(22)28(33)31(27)13-5-9-24(29(34)35)30-39(36,37)19-11-12-26-21(16-19)20-8-3-4-10-25(20)38-26/h1-4,6-8,10-12,14-16,24,30H,5,9,13H2,(H,34,35). The molecule has 196 valence electrons. The Morgan fingerprint density at radius 1 is 0.846 bits per heavy atom. The Bertz CT molecular complexity index is 1870. The topological polar surface area (TPSA) is 134 Å². The summed E-state index contributed by atoms with van der Waals surface area (Å²) in [5.74, 6) is -2.26. The number of nitrogens with zero attached hydrogens (tertiary/aromatic N) is 1. The second-order valence-electron chi connectivity index (χ2n) is 9.42. The molecule has 2 heterocycles. The summed E-state index contributed by atoms with van der Waals surface area (Å²) >= 11 is 0. The lowest BCUT2D eigenvalue weighted by Gasteiger charge is -2.17. The van der Waals surface area contributed by atoms with Gasteiger partial charge in [0.05, 0.1) is 16.0 Å². The Hall–Kier alpha value is -4.54. The molecule has 1 aliphatic rings. The van der Waals surface area contributed by atoms with Gasteiger partial charge in [-0.05, 0) is 60.0 Å². The minimum absolute atomic E-state index is 0.0405. The molecule has 1 aliphatic heterocycles. The lowest BCUT2D eigenvalue weighted by molar-refractivity contribution is -0.139. The number of carboxylic acids is 1. The maximum Gasteiger partial charge on any atom is 0.321 e. The predicted octanol–water partition coefficient (Wildman–Crippen LogP) is 4.55. The Labute approximate surface area is 222 Å². The van der Waals surface area contributed by atoms with Gasteiger partial charge in [-0.3, -0.25) is 19.3 Å². The van der Waals surface area contributed by atoms with Crippen LogP contribution in [0.4, 0.5) is 0 Å². The third kappa shape index (κ3) is 4.33. The van der Waals surface area contributed by atoms with Crippen LogP contribution >= 0.6 is 0 Å². The molecule has 39 heavy (non-hydrogen) atoms. The van der Waals surface area contributed by atoms with Crippen molar-refractivity contribution in [3.63, 3.8) is 0 Å². The first-order chi connectivity index (χ1) is 18.7. The van der Waals surface area contributed by atoms with E-state index in [2.05, 4.69) is 4.72 Å². The van der Waals surface area contributed by atoms with Crippen LogP contribution in [0.25, 0.3) is 32.7 Å². The number of sulfonamides is 1. The van der Waals surface area contributed by atoms with E-state index in [1.165, 1.54) is 18.2 Å². The predicted molar refractivity (Wildman–Crippen MR) is 144 cm³/mol. The van der Waals surface area contributed by atoms with Gasteiger partial charge < -0.3 is 9.52 Å². The van der Waals surface area contributed by atoms with Gasteiger partial charge in [-0.2, -0.15) is 4.72 Å². The molecule has 5 aromatic rings. The molecule has 6 rings (SSSR count). The number of furan rings is 1. The molecule has 10 heteroatoms. The van der Waals surface area contributed by atoms with Crippen molar-refractivity contribution >= 4 is 60.5 Å². The molecule has 2 amide bonds. The third-order valence-corrected chi connectivity index (χ3v) is 8.43. The smallest absolute Gasteiger partial charge is 0.321 e. The van der Waals surface area contributed by atoms with E-state index in [9.17, 15) is 27.9 Å². The van der Waals surface area contributed by atoms with Crippen molar-refractivity contribution in [3.05, 3.63) is 90.0 Å². The summed E-state index contributed by atoms with van der Waals surface area (Å²) in [4.78, 5) is 38.8. The van der Waals surface area contributed by atoms with Crippen molar-refractivity contribution < 1.29 is 32.3 Å². The summed E-state index contributed by atoms with van der Waals surface area (Å²) in [6.07, 6.45) is -0.0310. The lowest BCUT2D eigenvalue weighted by atomic mass is 10.0. The van der Waals surface area contributed by atoms with Crippen molar-refractivity contribution in [1.29, 1.82) is 0 Å². The number of aliphatic carboxylic acids is 1. The van der Waals surface area contributed by atoms with E-state index in [1.807, 2.05) is 42.5 Å². The van der Waals surface area contributed by atoms with Gasteiger partial charge >= 0.3 is 5.97 Å². The SMILES string of the molecule is O=C(O)C(CCCN1C(=O)c2cc3ccccc3cc2C1=O)NS(=O)(=O)c1ccc2oc3ccccc3c2c1. The van der Waals surface area contributed by atoms with Crippen LogP contribution in [0.5, 0.6) is 0 Å². The van der Waals surface area contributed by atoms with Crippen LogP contribution in [0.1, 0.15) is 33.6 Å². The summed E-state index contributed by atoms with van der Waals surface area (Å²) in [5.41, 5.74) is 1.73. The molecule has 1 atom stereocenters. The van der Waals surface area contributed by atoms with Crippen molar-refractivity contribution in [2.45, 2.75) is 23.8 Å². The normalized spacial score (nSPS) is 14.4. The van der Waals surface area contributed by atoms with Gasteiger partial charge in [0.25, 0.3) is 11.8 Å². The van der Waals surface area contributed by atoms with Gasteiger partial charge in [0, 0.05) is 17.3 Å². The molecule has 1 aromatic heterocycles. The van der Waals surface area contributed by atoms with Crippen molar-refractivity contribution in [3.8, 4) is 0 Å². The van der Waals surface area contributed by atoms with Crippen LogP contribution in [-0.2, 0) is 14.8 Å². The molecule has 0 saturated heterocycles. The van der Waals surface area contributed by atoms with E-state index in [0.29, 0.717) is 27.7 Å². The van der Waals surface area contributed by atoms with Crippen LogP contribution in [0.15, 0.2) is 88.2 Å². The highest BCUT2D eigenvalue weighted by atomic mass is 32.2. The summed E-state index contributed by atoms with van der Waals surface area (Å²) in [7, 11) is -4.20. The summed E-state index contributed by atoms with van der Waals surface area (Å²) < 4.78 is 34.2. The zero-order valence-electron chi connectivity index (χ0n) is 20.5. The second-order valence-corrected chi connectivity index (χ2v) is 11.1. The zero-order chi connectivity index (χ0) is 27.3. The monoisotopic (exact) mass is 542 g/mol. The number of imide groups is 1. The second kappa shape index (κ2) is 9.33. The molecular formula is C29H22N2O7S. The van der Waals surface area contributed by atoms with Crippen molar-refractivity contribution in [2.75, 3.05) is 6.54 Å². The summed E-state index contributed by atoms with van der Waals surface area (Å²) in [6.45, 7) is -0.0405. The first kappa shape index (κ1) is 24.8. The van der Waals surface area contributed by atoms with Gasteiger partial charge in [0.2, 0.25) is 10.0 Å². The fraction of sp³-hybridized carbons (Fsp3) is 0.138. The first-order valence-corrected chi connectivity index (χ1v) is 13.8. The van der Waals surface area contributed by atoms with Gasteiger partial charge in [-0.25, -0.2) is 8.42 Å². The molecule has 2 N–H and O–H groups in total. The number of hydrogen-bond donors (Lipinski definition) is 2. The largest absolute Gasteiger partial charge is 0.480 e. The number of carboxylic acid groups (broad SMARTS) is 1. The minimum Gasteiger partial charge on any atom is -0.480 e. The quantitative estimate of drug-likeness (QED) is 0.275. The Morgan fingerprint density at radius 3 is 2.13 bits per heavy atom. The number of hydrogen-bond acceptors (Lipinski definition) is 6. The van der Waals surface area contributed by atoms with E-state index in [-0.39, 0.29) is 24.3 Å². The molecule has 1 unspecified atom stereocenters. The fourth-order valence-electron chi connectivity index (χ4n) is 4.99. The molecule has 9 nitrogen and oxygen atoms in total. The van der Waals surface area contributed by atoms with E-state index >= 15 is 0 Å². The van der Waals surface area contributed by atoms with Gasteiger partial charge in [0.1, 0.15) is 17.2 Å².